The third-order valence-corrected chi connectivity index (χ3v) is 10.4. The Bertz CT molecular complexity index is 1870. The second-order valence-corrected chi connectivity index (χ2v) is 15.2. The van der Waals surface area contributed by atoms with Crippen LogP contribution < -0.4 is 14.2 Å². The summed E-state index contributed by atoms with van der Waals surface area (Å²) >= 11 is 1.42. The predicted molar refractivity (Wildman–Crippen MR) is 196 cm³/mol. The number of hydrogen-bond donors (Lipinski definition) is 0. The maximum Gasteiger partial charge on any atom is 0.194 e. The molecule has 1 saturated carbocycles. The molecule has 51 heavy (non-hydrogen) atoms. The van der Waals surface area contributed by atoms with Crippen LogP contribution in [0, 0.1) is 22.5 Å². The van der Waals surface area contributed by atoms with Crippen LogP contribution in [-0.2, 0) is 27.2 Å². The van der Waals surface area contributed by atoms with Gasteiger partial charge in [-0.2, -0.15) is 0 Å². The number of Topliss-reactive ketones (excluding diaryl/α,β-unsaturated/α-hetero) is 2. The molecule has 7 nitrogen and oxygen atoms in total. The van der Waals surface area contributed by atoms with Gasteiger partial charge in [-0.1, -0.05) is 70.0 Å². The molecule has 0 radical (unpaired) electrons. The number of nitrogens with zero attached hydrogens (tertiary/aromatic N) is 1. The van der Waals surface area contributed by atoms with Gasteiger partial charge in [0, 0.05) is 41.7 Å². The number of fused-ring (bicyclic) bond motifs is 1. The largest absolute Gasteiger partial charge is 0.493 e. The van der Waals surface area contributed by atoms with E-state index in [4.69, 9.17) is 14.2 Å². The number of benzene rings is 3. The zero-order chi connectivity index (χ0) is 36.6. The van der Waals surface area contributed by atoms with Crippen molar-refractivity contribution < 1.29 is 37.4 Å². The Balaban J connectivity index is 1.14. The third kappa shape index (κ3) is 9.94. The van der Waals surface area contributed by atoms with Crippen LogP contribution in [0.3, 0.4) is 0 Å². The zero-order valence-corrected chi connectivity index (χ0v) is 30.5. The van der Waals surface area contributed by atoms with Gasteiger partial charge in [0.05, 0.1) is 24.6 Å². The minimum Gasteiger partial charge on any atom is -0.493 e. The quantitative estimate of drug-likeness (QED) is 0.0743. The molecule has 0 bridgehead atoms. The van der Waals surface area contributed by atoms with Gasteiger partial charge in [0.25, 0.3) is 0 Å². The first-order valence-corrected chi connectivity index (χ1v) is 18.4. The molecule has 0 N–H and O–H groups in total. The number of carbonyl (C=O) groups is 3. The first-order valence-electron chi connectivity index (χ1n) is 17.4. The van der Waals surface area contributed by atoms with E-state index in [-0.39, 0.29) is 46.5 Å². The van der Waals surface area contributed by atoms with Gasteiger partial charge in [-0.3, -0.25) is 19.4 Å². The van der Waals surface area contributed by atoms with E-state index in [1.807, 2.05) is 20.8 Å². The van der Waals surface area contributed by atoms with Crippen LogP contribution in [-0.4, -0.2) is 41.1 Å². The standard InChI is InChI=1S/C41H45F2NO6S/c1-40(2,3)39(47)51-21-9-7-5-6-8-20-49-36-26-32-30(25-35(36)48-4)33(16-19-44-32)50-34-15-12-28(22-31(34)43)24-38(46)41(17-18-41)37(45)23-27-10-13-29(42)14-11-27/h10-16,19,22,25-26H,5-9,17-18,20-21,23-24H2,1-4H3. The molecule has 10 heteroatoms. The molecule has 0 aliphatic heterocycles. The first-order chi connectivity index (χ1) is 24.4. The Hall–Kier alpha value is -4.31. The highest BCUT2D eigenvalue weighted by Crippen LogP contribution is 2.49. The van der Waals surface area contributed by atoms with Gasteiger partial charge in [0.15, 0.2) is 39.7 Å². The summed E-state index contributed by atoms with van der Waals surface area (Å²) in [4.78, 5) is 42.7. The molecule has 1 fully saturated rings. The Morgan fingerprint density at radius 1 is 0.784 bits per heavy atom. The zero-order valence-electron chi connectivity index (χ0n) is 29.7. The van der Waals surface area contributed by atoms with E-state index >= 15 is 4.39 Å². The highest BCUT2D eigenvalue weighted by molar-refractivity contribution is 8.13. The molecule has 0 atom stereocenters. The molecule has 4 aromatic rings. The summed E-state index contributed by atoms with van der Waals surface area (Å²) in [5.41, 5.74) is 0.322. The van der Waals surface area contributed by atoms with E-state index in [1.165, 1.54) is 36.0 Å². The maximum atomic E-state index is 15.3. The lowest BCUT2D eigenvalue weighted by Crippen LogP contribution is -2.28. The fraction of sp³-hybridized carbons (Fsp3) is 0.415. The number of rotatable bonds is 18. The Morgan fingerprint density at radius 3 is 2.12 bits per heavy atom. The fourth-order valence-corrected chi connectivity index (χ4v) is 6.76. The molecule has 1 aromatic heterocycles. The van der Waals surface area contributed by atoms with Crippen LogP contribution in [0.2, 0.25) is 0 Å². The van der Waals surface area contributed by atoms with Crippen molar-refractivity contribution in [3.05, 3.63) is 89.6 Å². The number of carbonyl (C=O) groups excluding carboxylic acids is 3. The SMILES string of the molecule is COc1cc2c(Oc3ccc(CC(=O)C4(C(=O)Cc5ccc(F)cc5)CC4)cc3F)ccnc2cc1OCCCCCCCSC(=O)C(C)(C)C. The second-order valence-electron chi connectivity index (χ2n) is 14.1. The number of methoxy groups -OCH3 is 1. The number of thioether (sulfide) groups is 1. The van der Waals surface area contributed by atoms with Crippen molar-refractivity contribution in [3.63, 3.8) is 0 Å². The lowest BCUT2D eigenvalue weighted by atomic mass is 9.88. The van der Waals surface area contributed by atoms with Crippen LogP contribution in [0.4, 0.5) is 8.78 Å². The average molecular weight is 718 g/mol. The van der Waals surface area contributed by atoms with Gasteiger partial charge in [-0.25, -0.2) is 8.78 Å². The molecule has 270 valence electrons. The molecule has 0 amide bonds. The number of ketones is 2. The molecular weight excluding hydrogens is 673 g/mol. The lowest BCUT2D eigenvalue weighted by molar-refractivity contribution is -0.134. The number of ether oxygens (including phenoxy) is 3. The van der Waals surface area contributed by atoms with Gasteiger partial charge in [-0.05, 0) is 73.2 Å². The maximum absolute atomic E-state index is 15.3. The molecule has 1 aliphatic carbocycles. The van der Waals surface area contributed by atoms with Gasteiger partial charge < -0.3 is 14.2 Å². The molecule has 1 heterocycles. The molecule has 0 unspecified atom stereocenters. The molecule has 1 aliphatic rings. The Labute approximate surface area is 302 Å². The van der Waals surface area contributed by atoms with Gasteiger partial charge in [0.1, 0.15) is 11.6 Å². The summed E-state index contributed by atoms with van der Waals surface area (Å²) in [7, 11) is 1.55. The summed E-state index contributed by atoms with van der Waals surface area (Å²) in [6, 6.07) is 15.2. The number of hydrogen-bond acceptors (Lipinski definition) is 8. The number of pyridine rings is 1. The van der Waals surface area contributed by atoms with Crippen molar-refractivity contribution in [2.75, 3.05) is 19.5 Å². The van der Waals surface area contributed by atoms with E-state index in [0.717, 1.165) is 37.9 Å². The number of halogens is 2. The molecular formula is C41H45F2NO6S. The minimum atomic E-state index is -1.06. The van der Waals surface area contributed by atoms with Crippen molar-refractivity contribution in [2.24, 2.45) is 10.8 Å². The normalized spacial score (nSPS) is 13.5. The van der Waals surface area contributed by atoms with E-state index in [1.54, 1.807) is 49.7 Å². The summed E-state index contributed by atoms with van der Waals surface area (Å²) in [6.45, 7) is 6.35. The second kappa shape index (κ2) is 16.8. The molecule has 0 saturated heterocycles. The lowest BCUT2D eigenvalue weighted by Gasteiger charge is -2.15. The first kappa shape index (κ1) is 37.9. The van der Waals surface area contributed by atoms with Gasteiger partial charge in [-0.15, -0.1) is 0 Å². The van der Waals surface area contributed by atoms with E-state index < -0.39 is 11.2 Å². The van der Waals surface area contributed by atoms with E-state index in [0.29, 0.717) is 58.7 Å². The monoisotopic (exact) mass is 717 g/mol. The van der Waals surface area contributed by atoms with Crippen molar-refractivity contribution in [1.29, 1.82) is 0 Å². The highest BCUT2D eigenvalue weighted by Gasteiger charge is 2.54. The van der Waals surface area contributed by atoms with E-state index in [2.05, 4.69) is 4.98 Å². The Morgan fingerprint density at radius 2 is 1.45 bits per heavy atom. The number of aromatic nitrogens is 1. The molecule has 3 aromatic carbocycles. The van der Waals surface area contributed by atoms with Crippen molar-refractivity contribution in [1.82, 2.24) is 4.98 Å². The van der Waals surface area contributed by atoms with Crippen LogP contribution in [0.1, 0.15) is 76.8 Å². The van der Waals surface area contributed by atoms with Crippen molar-refractivity contribution in [3.8, 4) is 23.0 Å². The van der Waals surface area contributed by atoms with Crippen LogP contribution >= 0.6 is 11.8 Å². The van der Waals surface area contributed by atoms with Crippen molar-refractivity contribution >= 4 is 39.3 Å². The summed E-state index contributed by atoms with van der Waals surface area (Å²) < 4.78 is 46.3. The third-order valence-electron chi connectivity index (χ3n) is 9.06. The topological polar surface area (TPSA) is 91.8 Å². The van der Waals surface area contributed by atoms with Crippen LogP contribution in [0.25, 0.3) is 10.9 Å². The van der Waals surface area contributed by atoms with Crippen LogP contribution in [0.5, 0.6) is 23.0 Å². The van der Waals surface area contributed by atoms with Gasteiger partial charge in [0.2, 0.25) is 0 Å². The summed E-state index contributed by atoms with van der Waals surface area (Å²) in [6.07, 6.45) is 7.50. The molecule has 0 spiro atoms. The summed E-state index contributed by atoms with van der Waals surface area (Å²) in [5, 5.41) is 0.845. The number of unbranched alkanes of at least 4 members (excludes halogenated alkanes) is 4. The fourth-order valence-electron chi connectivity index (χ4n) is 5.79. The summed E-state index contributed by atoms with van der Waals surface area (Å²) in [5.74, 6) is 0.787. The predicted octanol–water partition coefficient (Wildman–Crippen LogP) is 9.65. The molecule has 5 rings (SSSR count). The van der Waals surface area contributed by atoms with Crippen LogP contribution in [0.15, 0.2) is 66.9 Å². The minimum absolute atomic E-state index is 0.0223. The highest BCUT2D eigenvalue weighted by atomic mass is 32.2. The smallest absolute Gasteiger partial charge is 0.194 e. The van der Waals surface area contributed by atoms with Crippen molar-refractivity contribution in [2.45, 2.75) is 78.6 Å². The van der Waals surface area contributed by atoms with Gasteiger partial charge >= 0.3 is 0 Å². The average Bonchev–Trinajstić information content (AvgIpc) is 3.91. The van der Waals surface area contributed by atoms with E-state index in [9.17, 15) is 18.8 Å². The Kier molecular flexibility index (Phi) is 12.5.